The van der Waals surface area contributed by atoms with Crippen LogP contribution in [-0.2, 0) is 0 Å². The van der Waals surface area contributed by atoms with E-state index in [0.29, 0.717) is 5.92 Å². The average molecular weight is 194 g/mol. The highest BCUT2D eigenvalue weighted by atomic mass is 14.8. The molecule has 0 aliphatic carbocycles. The van der Waals surface area contributed by atoms with Crippen LogP contribution in [0.25, 0.3) is 0 Å². The first-order valence-corrected chi connectivity index (χ1v) is 5.22. The highest BCUT2D eigenvalue weighted by Crippen LogP contribution is 2.10. The Morgan fingerprint density at radius 2 is 2.14 bits per heavy atom. The van der Waals surface area contributed by atoms with Crippen LogP contribution in [0.4, 0.5) is 0 Å². The molecule has 0 amide bonds. The number of hydrogen-bond acceptors (Lipinski definition) is 2. The van der Waals surface area contributed by atoms with E-state index in [0.717, 1.165) is 13.0 Å². The van der Waals surface area contributed by atoms with Crippen LogP contribution in [0.5, 0.6) is 0 Å². The van der Waals surface area contributed by atoms with Gasteiger partial charge in [0.05, 0.1) is 0 Å². The minimum Gasteiger partial charge on any atom is -0.391 e. The summed E-state index contributed by atoms with van der Waals surface area (Å²) in [5.74, 6) is 0.571. The zero-order valence-electron chi connectivity index (χ0n) is 9.21. The first kappa shape index (κ1) is 12.9. The Bertz CT molecular complexity index is 173. The molecule has 0 radical (unpaired) electrons. The number of nitrogens with zero attached hydrogens (tertiary/aromatic N) is 1. The normalized spacial score (nSPS) is 12.6. The molecule has 0 spiro atoms. The van der Waals surface area contributed by atoms with Crippen LogP contribution >= 0.6 is 0 Å². The third-order valence-corrected chi connectivity index (χ3v) is 2.12. The maximum atomic E-state index is 4.07. The van der Waals surface area contributed by atoms with Gasteiger partial charge in [0, 0.05) is 19.8 Å². The van der Waals surface area contributed by atoms with Gasteiger partial charge in [0.1, 0.15) is 0 Å². The quantitative estimate of drug-likeness (QED) is 0.341. The molecule has 2 heteroatoms. The van der Waals surface area contributed by atoms with Crippen LogP contribution in [0.2, 0.25) is 0 Å². The van der Waals surface area contributed by atoms with Crippen LogP contribution in [0.3, 0.4) is 0 Å². The summed E-state index contributed by atoms with van der Waals surface area (Å²) < 4.78 is 0. The summed E-state index contributed by atoms with van der Waals surface area (Å²) in [6.07, 6.45) is 10.4. The van der Waals surface area contributed by atoms with E-state index >= 15 is 0 Å². The Kier molecular flexibility index (Phi) is 9.28. The van der Waals surface area contributed by atoms with Crippen molar-refractivity contribution in [3.05, 3.63) is 25.4 Å². The lowest BCUT2D eigenvalue weighted by atomic mass is 10.00. The van der Waals surface area contributed by atoms with Gasteiger partial charge >= 0.3 is 0 Å². The fourth-order valence-electron chi connectivity index (χ4n) is 1.41. The predicted molar refractivity (Wildman–Crippen MR) is 64.8 cm³/mol. The SMILES string of the molecule is C=CCC(/C=N\C)CCCCNC=C. The Morgan fingerprint density at radius 3 is 2.71 bits per heavy atom. The summed E-state index contributed by atoms with van der Waals surface area (Å²) in [6.45, 7) is 8.38. The topological polar surface area (TPSA) is 24.4 Å². The van der Waals surface area contributed by atoms with E-state index < -0.39 is 0 Å². The number of rotatable bonds is 9. The van der Waals surface area contributed by atoms with Crippen molar-refractivity contribution < 1.29 is 0 Å². The van der Waals surface area contributed by atoms with E-state index in [1.54, 1.807) is 6.20 Å². The van der Waals surface area contributed by atoms with Crippen molar-refractivity contribution in [3.8, 4) is 0 Å². The highest BCUT2D eigenvalue weighted by molar-refractivity contribution is 5.60. The van der Waals surface area contributed by atoms with E-state index in [-0.39, 0.29) is 0 Å². The van der Waals surface area contributed by atoms with Gasteiger partial charge in [0.25, 0.3) is 0 Å². The molecule has 0 heterocycles. The van der Waals surface area contributed by atoms with Crippen molar-refractivity contribution in [3.63, 3.8) is 0 Å². The summed E-state index contributed by atoms with van der Waals surface area (Å²) in [4.78, 5) is 4.07. The number of hydrogen-bond donors (Lipinski definition) is 1. The lowest BCUT2D eigenvalue weighted by Crippen LogP contribution is -2.07. The second kappa shape index (κ2) is 10.0. The van der Waals surface area contributed by atoms with E-state index in [1.807, 2.05) is 19.3 Å². The second-order valence-electron chi connectivity index (χ2n) is 3.35. The molecule has 2 nitrogen and oxygen atoms in total. The molecule has 0 saturated heterocycles. The van der Waals surface area contributed by atoms with E-state index in [2.05, 4.69) is 23.5 Å². The summed E-state index contributed by atoms with van der Waals surface area (Å²) in [5.41, 5.74) is 0. The van der Waals surface area contributed by atoms with Gasteiger partial charge < -0.3 is 10.3 Å². The van der Waals surface area contributed by atoms with Crippen LogP contribution in [0.15, 0.2) is 30.4 Å². The number of allylic oxidation sites excluding steroid dienone is 1. The number of aliphatic imine (C=N–C) groups is 1. The molecule has 80 valence electrons. The largest absolute Gasteiger partial charge is 0.391 e. The van der Waals surface area contributed by atoms with Crippen LogP contribution in [0, 0.1) is 5.92 Å². The molecule has 14 heavy (non-hydrogen) atoms. The van der Waals surface area contributed by atoms with E-state index in [1.165, 1.54) is 19.3 Å². The molecule has 0 aromatic heterocycles. The fraction of sp³-hybridized carbons (Fsp3) is 0.583. The molecule has 0 aromatic rings. The summed E-state index contributed by atoms with van der Waals surface area (Å²) in [6, 6.07) is 0. The summed E-state index contributed by atoms with van der Waals surface area (Å²) in [5, 5.41) is 3.10. The first-order valence-electron chi connectivity index (χ1n) is 5.22. The molecular formula is C12H22N2. The van der Waals surface area contributed by atoms with Gasteiger partial charge in [-0.25, -0.2) is 0 Å². The van der Waals surface area contributed by atoms with Crippen molar-refractivity contribution in [1.82, 2.24) is 5.32 Å². The number of unbranched alkanes of at least 4 members (excludes halogenated alkanes) is 1. The van der Waals surface area contributed by atoms with Gasteiger partial charge in [-0.05, 0) is 31.4 Å². The summed E-state index contributed by atoms with van der Waals surface area (Å²) >= 11 is 0. The maximum absolute atomic E-state index is 4.07. The molecule has 0 aliphatic rings. The van der Waals surface area contributed by atoms with E-state index in [4.69, 9.17) is 0 Å². The lowest BCUT2D eigenvalue weighted by molar-refractivity contribution is 0.573. The predicted octanol–water partition coefficient (Wildman–Crippen LogP) is 2.78. The van der Waals surface area contributed by atoms with Crippen molar-refractivity contribution in [2.24, 2.45) is 10.9 Å². The van der Waals surface area contributed by atoms with Crippen molar-refractivity contribution in [1.29, 1.82) is 0 Å². The van der Waals surface area contributed by atoms with Gasteiger partial charge in [-0.15, -0.1) is 6.58 Å². The monoisotopic (exact) mass is 194 g/mol. The van der Waals surface area contributed by atoms with Gasteiger partial charge in [-0.1, -0.05) is 19.1 Å². The first-order chi connectivity index (χ1) is 6.85. The highest BCUT2D eigenvalue weighted by Gasteiger charge is 2.02. The third-order valence-electron chi connectivity index (χ3n) is 2.12. The molecule has 1 unspecified atom stereocenters. The van der Waals surface area contributed by atoms with Gasteiger partial charge in [0.2, 0.25) is 0 Å². The minimum absolute atomic E-state index is 0.571. The smallest absolute Gasteiger partial charge is 0.0273 e. The Morgan fingerprint density at radius 1 is 1.36 bits per heavy atom. The van der Waals surface area contributed by atoms with Crippen LogP contribution < -0.4 is 5.32 Å². The molecule has 0 saturated carbocycles. The van der Waals surface area contributed by atoms with Crippen LogP contribution in [-0.4, -0.2) is 19.8 Å². The second-order valence-corrected chi connectivity index (χ2v) is 3.35. The average Bonchev–Trinajstić information content (AvgIpc) is 2.18. The van der Waals surface area contributed by atoms with Gasteiger partial charge in [0.15, 0.2) is 0 Å². The number of nitrogens with one attached hydrogen (secondary N) is 1. The molecule has 1 atom stereocenters. The molecule has 0 rings (SSSR count). The molecule has 0 bridgehead atoms. The Hall–Kier alpha value is -1.05. The lowest BCUT2D eigenvalue weighted by Gasteiger charge is -2.08. The fourth-order valence-corrected chi connectivity index (χ4v) is 1.41. The van der Waals surface area contributed by atoms with Gasteiger partial charge in [-0.3, -0.25) is 0 Å². The third kappa shape index (κ3) is 7.59. The van der Waals surface area contributed by atoms with Gasteiger partial charge in [-0.2, -0.15) is 0 Å². The Balaban J connectivity index is 3.49. The zero-order chi connectivity index (χ0) is 10.6. The van der Waals surface area contributed by atoms with Crippen LogP contribution in [0.1, 0.15) is 25.7 Å². The van der Waals surface area contributed by atoms with Crippen molar-refractivity contribution in [2.75, 3.05) is 13.6 Å². The standard InChI is InChI=1S/C12H22N2/c1-4-8-12(11-13-3)9-6-7-10-14-5-2/h4-5,11-12,14H,1-2,6-10H2,3H3/b13-11-. The van der Waals surface area contributed by atoms with E-state index in [9.17, 15) is 0 Å². The molecule has 0 fully saturated rings. The Labute approximate surface area is 87.8 Å². The van der Waals surface area contributed by atoms with Crippen molar-refractivity contribution >= 4 is 6.21 Å². The maximum Gasteiger partial charge on any atom is 0.0273 e. The molecule has 0 aromatic carbocycles. The summed E-state index contributed by atoms with van der Waals surface area (Å²) in [7, 11) is 1.83. The minimum atomic E-state index is 0.571. The zero-order valence-corrected chi connectivity index (χ0v) is 9.21. The molecule has 1 N–H and O–H groups in total. The molecular weight excluding hydrogens is 172 g/mol. The van der Waals surface area contributed by atoms with Crippen molar-refractivity contribution in [2.45, 2.75) is 25.7 Å². The molecule has 0 aliphatic heterocycles.